The molecule has 138 valence electrons. The molecule has 0 aliphatic carbocycles. The molecule has 1 N–H and O–H groups in total. The Balaban J connectivity index is 1.73. The molecular formula is C18H24N6O2. The maximum atomic E-state index is 12.2. The van der Waals surface area contributed by atoms with Gasteiger partial charge in [-0.05, 0) is 45.2 Å². The number of anilines is 1. The monoisotopic (exact) mass is 356 g/mol. The number of carbonyl (C=O) groups is 1. The predicted molar refractivity (Wildman–Crippen MR) is 98.2 cm³/mol. The fourth-order valence-corrected chi connectivity index (χ4v) is 3.16. The van der Waals surface area contributed by atoms with Gasteiger partial charge in [-0.25, -0.2) is 14.6 Å². The minimum atomic E-state index is -0.281. The van der Waals surface area contributed by atoms with Crippen molar-refractivity contribution in [2.24, 2.45) is 0 Å². The highest BCUT2D eigenvalue weighted by atomic mass is 16.2. The molecule has 1 unspecified atom stereocenters. The minimum absolute atomic E-state index is 0.000577. The summed E-state index contributed by atoms with van der Waals surface area (Å²) in [5.41, 5.74) is -0.105. The lowest BCUT2D eigenvalue weighted by molar-refractivity contribution is 0.0939. The average Bonchev–Trinajstić information content (AvgIpc) is 2.67. The largest absolute Gasteiger partial charge is 0.350 e. The number of rotatable bonds is 5. The Hall–Kier alpha value is -2.77. The van der Waals surface area contributed by atoms with E-state index in [1.165, 1.54) is 4.68 Å². The van der Waals surface area contributed by atoms with Crippen molar-refractivity contribution in [2.75, 3.05) is 18.0 Å². The SMILES string of the molecule is CC(C)n1nc(N2CCCCC2CNC(=O)c2ncccn2)ccc1=O. The molecule has 1 amide bonds. The first-order chi connectivity index (χ1) is 12.6. The van der Waals surface area contributed by atoms with Gasteiger partial charge >= 0.3 is 0 Å². The molecule has 1 fully saturated rings. The second kappa shape index (κ2) is 8.07. The number of hydrogen-bond acceptors (Lipinski definition) is 6. The summed E-state index contributed by atoms with van der Waals surface area (Å²) in [5.74, 6) is 0.658. The zero-order valence-corrected chi connectivity index (χ0v) is 15.1. The predicted octanol–water partition coefficient (Wildman–Crippen LogP) is 1.40. The zero-order chi connectivity index (χ0) is 18.5. The lowest BCUT2D eigenvalue weighted by Gasteiger charge is -2.36. The Morgan fingerprint density at radius 2 is 2.04 bits per heavy atom. The minimum Gasteiger partial charge on any atom is -0.350 e. The fraction of sp³-hybridized carbons (Fsp3) is 0.500. The molecule has 8 heteroatoms. The maximum Gasteiger partial charge on any atom is 0.289 e. The molecule has 2 aromatic heterocycles. The van der Waals surface area contributed by atoms with Crippen LogP contribution in [0.3, 0.4) is 0 Å². The van der Waals surface area contributed by atoms with E-state index in [0.29, 0.717) is 6.54 Å². The van der Waals surface area contributed by atoms with Crippen molar-refractivity contribution in [1.82, 2.24) is 25.1 Å². The van der Waals surface area contributed by atoms with Crippen LogP contribution in [0.2, 0.25) is 0 Å². The topological polar surface area (TPSA) is 93.0 Å². The number of carbonyl (C=O) groups excluding carboxylic acids is 1. The zero-order valence-electron chi connectivity index (χ0n) is 15.1. The third kappa shape index (κ3) is 4.07. The van der Waals surface area contributed by atoms with Gasteiger partial charge in [0.2, 0.25) is 5.82 Å². The van der Waals surface area contributed by atoms with E-state index in [0.717, 1.165) is 31.6 Å². The third-order valence-corrected chi connectivity index (χ3v) is 4.49. The average molecular weight is 356 g/mol. The quantitative estimate of drug-likeness (QED) is 0.870. The van der Waals surface area contributed by atoms with Crippen molar-refractivity contribution >= 4 is 11.7 Å². The summed E-state index contributed by atoms with van der Waals surface area (Å²) in [6.45, 7) is 5.21. The van der Waals surface area contributed by atoms with Gasteiger partial charge in [-0.15, -0.1) is 0 Å². The first-order valence-corrected chi connectivity index (χ1v) is 8.98. The molecule has 1 aliphatic rings. The van der Waals surface area contributed by atoms with Gasteiger partial charge in [-0.2, -0.15) is 5.10 Å². The Bertz CT molecular complexity index is 805. The molecule has 3 rings (SSSR count). The van der Waals surface area contributed by atoms with Crippen LogP contribution in [0.4, 0.5) is 5.82 Å². The van der Waals surface area contributed by atoms with Gasteiger partial charge in [0.25, 0.3) is 11.5 Å². The maximum absolute atomic E-state index is 12.2. The van der Waals surface area contributed by atoms with E-state index >= 15 is 0 Å². The lowest BCUT2D eigenvalue weighted by Crippen LogP contribution is -2.48. The molecule has 0 spiro atoms. The van der Waals surface area contributed by atoms with Crippen LogP contribution in [0.25, 0.3) is 0 Å². The van der Waals surface area contributed by atoms with Gasteiger partial charge in [0, 0.05) is 37.6 Å². The van der Waals surface area contributed by atoms with E-state index < -0.39 is 0 Å². The first-order valence-electron chi connectivity index (χ1n) is 8.98. The van der Waals surface area contributed by atoms with Gasteiger partial charge in [-0.1, -0.05) is 0 Å². The van der Waals surface area contributed by atoms with Crippen LogP contribution in [-0.2, 0) is 0 Å². The smallest absolute Gasteiger partial charge is 0.289 e. The summed E-state index contributed by atoms with van der Waals surface area (Å²) in [4.78, 5) is 34.3. The molecule has 0 aromatic carbocycles. The molecule has 0 bridgehead atoms. The highest BCUT2D eigenvalue weighted by Gasteiger charge is 2.25. The fourth-order valence-electron chi connectivity index (χ4n) is 3.16. The standard InChI is InChI=1S/C18H24N6O2/c1-13(2)24-16(25)8-7-15(22-24)23-11-4-3-6-14(23)12-21-18(26)17-19-9-5-10-20-17/h5,7-10,13-14H,3-4,6,11-12H2,1-2H3,(H,21,26). The van der Waals surface area contributed by atoms with Crippen molar-refractivity contribution in [2.45, 2.75) is 45.2 Å². The normalized spacial score (nSPS) is 17.3. The molecule has 0 radical (unpaired) electrons. The van der Waals surface area contributed by atoms with Crippen LogP contribution in [-0.4, -0.2) is 44.8 Å². The molecular weight excluding hydrogens is 332 g/mol. The Morgan fingerprint density at radius 3 is 2.77 bits per heavy atom. The Labute approximate surface area is 152 Å². The van der Waals surface area contributed by atoms with E-state index in [1.54, 1.807) is 30.6 Å². The second-order valence-corrected chi connectivity index (χ2v) is 6.69. The van der Waals surface area contributed by atoms with Gasteiger partial charge in [0.05, 0.1) is 6.04 Å². The van der Waals surface area contributed by atoms with Gasteiger partial charge in [-0.3, -0.25) is 9.59 Å². The number of amides is 1. The van der Waals surface area contributed by atoms with Crippen LogP contribution in [0, 0.1) is 0 Å². The summed E-state index contributed by atoms with van der Waals surface area (Å²) >= 11 is 0. The highest BCUT2D eigenvalue weighted by molar-refractivity contribution is 5.90. The van der Waals surface area contributed by atoms with Crippen LogP contribution in [0.1, 0.15) is 49.8 Å². The summed E-state index contributed by atoms with van der Waals surface area (Å²) in [5, 5.41) is 7.44. The van der Waals surface area contributed by atoms with Crippen molar-refractivity contribution in [3.8, 4) is 0 Å². The summed E-state index contributed by atoms with van der Waals surface area (Å²) in [7, 11) is 0. The molecule has 3 heterocycles. The molecule has 0 saturated carbocycles. The van der Waals surface area contributed by atoms with Gasteiger partial charge < -0.3 is 10.2 Å². The highest BCUT2D eigenvalue weighted by Crippen LogP contribution is 2.22. The molecule has 1 atom stereocenters. The lowest BCUT2D eigenvalue weighted by atomic mass is 10.0. The molecule has 1 aliphatic heterocycles. The van der Waals surface area contributed by atoms with Crippen LogP contribution < -0.4 is 15.8 Å². The molecule has 26 heavy (non-hydrogen) atoms. The third-order valence-electron chi connectivity index (χ3n) is 4.49. The molecule has 8 nitrogen and oxygen atoms in total. The Morgan fingerprint density at radius 1 is 1.27 bits per heavy atom. The molecule has 1 saturated heterocycles. The number of nitrogens with one attached hydrogen (secondary N) is 1. The number of aromatic nitrogens is 4. The summed E-state index contributed by atoms with van der Waals surface area (Å²) < 4.78 is 1.50. The molecule has 2 aromatic rings. The van der Waals surface area contributed by atoms with Crippen molar-refractivity contribution in [3.63, 3.8) is 0 Å². The van der Waals surface area contributed by atoms with E-state index in [4.69, 9.17) is 0 Å². The number of piperidine rings is 1. The van der Waals surface area contributed by atoms with E-state index in [9.17, 15) is 9.59 Å². The van der Waals surface area contributed by atoms with Crippen molar-refractivity contribution < 1.29 is 4.79 Å². The number of nitrogens with zero attached hydrogens (tertiary/aromatic N) is 5. The van der Waals surface area contributed by atoms with Gasteiger partial charge in [0.15, 0.2) is 0 Å². The van der Waals surface area contributed by atoms with Crippen LogP contribution in [0.15, 0.2) is 35.4 Å². The van der Waals surface area contributed by atoms with E-state index in [1.807, 2.05) is 13.8 Å². The summed E-state index contributed by atoms with van der Waals surface area (Å²) in [6.07, 6.45) is 6.22. The van der Waals surface area contributed by atoms with Crippen LogP contribution in [0.5, 0.6) is 0 Å². The van der Waals surface area contributed by atoms with E-state index in [-0.39, 0.29) is 29.4 Å². The Kier molecular flexibility index (Phi) is 5.60. The van der Waals surface area contributed by atoms with Crippen molar-refractivity contribution in [3.05, 3.63) is 46.8 Å². The number of hydrogen-bond donors (Lipinski definition) is 1. The van der Waals surface area contributed by atoms with Crippen molar-refractivity contribution in [1.29, 1.82) is 0 Å². The second-order valence-electron chi connectivity index (χ2n) is 6.69. The van der Waals surface area contributed by atoms with E-state index in [2.05, 4.69) is 25.3 Å². The van der Waals surface area contributed by atoms with Crippen LogP contribution >= 0.6 is 0 Å². The summed E-state index contributed by atoms with van der Waals surface area (Å²) in [6, 6.07) is 5.13. The first kappa shape index (κ1) is 18.0. The van der Waals surface area contributed by atoms with Gasteiger partial charge in [0.1, 0.15) is 5.82 Å².